The first kappa shape index (κ1) is 15.0. The third kappa shape index (κ3) is 5.52. The van der Waals surface area contributed by atoms with Crippen molar-refractivity contribution in [2.24, 2.45) is 0 Å². The average Bonchev–Trinajstić information content (AvgIpc) is 2.65. The van der Waals surface area contributed by atoms with Crippen molar-refractivity contribution in [3.63, 3.8) is 0 Å². The molecule has 4 nitrogen and oxygen atoms in total. The lowest BCUT2D eigenvalue weighted by atomic mass is 10.2. The molecular formula is C14H26N2O2. The van der Waals surface area contributed by atoms with Gasteiger partial charge in [0.05, 0.1) is 0 Å². The van der Waals surface area contributed by atoms with Crippen LogP contribution >= 0.6 is 0 Å². The number of carbonyl (C=O) groups is 2. The van der Waals surface area contributed by atoms with Crippen LogP contribution in [0.15, 0.2) is 0 Å². The minimum atomic E-state index is 0.313. The molecule has 0 radical (unpaired) electrons. The normalized spacial score (nSPS) is 21.9. The first-order chi connectivity index (χ1) is 8.61. The van der Waals surface area contributed by atoms with Crippen molar-refractivity contribution in [3.05, 3.63) is 0 Å². The highest BCUT2D eigenvalue weighted by atomic mass is 16.2. The van der Waals surface area contributed by atoms with Crippen molar-refractivity contribution in [3.8, 4) is 0 Å². The molecule has 2 aliphatic heterocycles. The molecule has 0 aromatic rings. The van der Waals surface area contributed by atoms with E-state index in [-0.39, 0.29) is 0 Å². The highest BCUT2D eigenvalue weighted by molar-refractivity contribution is 5.76. The SMILES string of the molecule is CN1CCCCCC1=O.CN1CCCCCC1=O. The molecule has 0 bridgehead atoms. The van der Waals surface area contributed by atoms with E-state index in [0.29, 0.717) is 11.8 Å². The number of carbonyl (C=O) groups excluding carboxylic acids is 2. The number of nitrogens with zero attached hydrogens (tertiary/aromatic N) is 2. The maximum absolute atomic E-state index is 10.9. The van der Waals surface area contributed by atoms with Crippen LogP contribution in [0.25, 0.3) is 0 Å². The van der Waals surface area contributed by atoms with E-state index in [2.05, 4.69) is 0 Å². The van der Waals surface area contributed by atoms with Gasteiger partial charge >= 0.3 is 0 Å². The highest BCUT2D eigenvalue weighted by Crippen LogP contribution is 2.09. The number of hydrogen-bond acceptors (Lipinski definition) is 2. The highest BCUT2D eigenvalue weighted by Gasteiger charge is 2.11. The van der Waals surface area contributed by atoms with E-state index in [0.717, 1.165) is 38.8 Å². The van der Waals surface area contributed by atoms with Crippen LogP contribution < -0.4 is 0 Å². The lowest BCUT2D eigenvalue weighted by Crippen LogP contribution is -2.25. The summed E-state index contributed by atoms with van der Waals surface area (Å²) in [7, 11) is 3.77. The smallest absolute Gasteiger partial charge is 0.222 e. The first-order valence-corrected chi connectivity index (χ1v) is 7.09. The molecule has 4 heteroatoms. The van der Waals surface area contributed by atoms with E-state index < -0.39 is 0 Å². The zero-order valence-electron chi connectivity index (χ0n) is 11.8. The van der Waals surface area contributed by atoms with Crippen molar-refractivity contribution in [1.29, 1.82) is 0 Å². The van der Waals surface area contributed by atoms with E-state index in [1.54, 1.807) is 0 Å². The number of hydrogen-bond donors (Lipinski definition) is 0. The van der Waals surface area contributed by atoms with Gasteiger partial charge in [-0.2, -0.15) is 0 Å². The van der Waals surface area contributed by atoms with Crippen LogP contribution in [0, 0.1) is 0 Å². The number of amides is 2. The van der Waals surface area contributed by atoms with Gasteiger partial charge in [-0.15, -0.1) is 0 Å². The predicted molar refractivity (Wildman–Crippen MR) is 72.2 cm³/mol. The Morgan fingerprint density at radius 1 is 0.667 bits per heavy atom. The van der Waals surface area contributed by atoms with Gasteiger partial charge < -0.3 is 9.80 Å². The van der Waals surface area contributed by atoms with Crippen LogP contribution in [0.5, 0.6) is 0 Å². The molecule has 0 aromatic heterocycles. The lowest BCUT2D eigenvalue weighted by molar-refractivity contribution is -0.130. The van der Waals surface area contributed by atoms with Crippen molar-refractivity contribution in [2.75, 3.05) is 27.2 Å². The zero-order chi connectivity index (χ0) is 13.4. The largest absolute Gasteiger partial charge is 0.346 e. The van der Waals surface area contributed by atoms with Gasteiger partial charge in [-0.25, -0.2) is 0 Å². The van der Waals surface area contributed by atoms with Gasteiger partial charge in [0.25, 0.3) is 0 Å². The molecule has 2 fully saturated rings. The fourth-order valence-electron chi connectivity index (χ4n) is 2.24. The molecule has 0 saturated carbocycles. The molecule has 2 saturated heterocycles. The summed E-state index contributed by atoms with van der Waals surface area (Å²) in [5.41, 5.74) is 0. The molecule has 104 valence electrons. The molecule has 2 rings (SSSR count). The summed E-state index contributed by atoms with van der Waals surface area (Å²) in [5.74, 6) is 0.625. The molecule has 0 spiro atoms. The molecule has 0 N–H and O–H groups in total. The third-order valence-corrected chi connectivity index (χ3v) is 3.62. The van der Waals surface area contributed by atoms with E-state index in [9.17, 15) is 9.59 Å². The van der Waals surface area contributed by atoms with Crippen LogP contribution in [0.2, 0.25) is 0 Å². The van der Waals surface area contributed by atoms with Gasteiger partial charge in [0, 0.05) is 40.0 Å². The Bertz CT molecular complexity index is 251. The van der Waals surface area contributed by atoms with Gasteiger partial charge in [0.1, 0.15) is 0 Å². The second kappa shape index (κ2) is 8.11. The third-order valence-electron chi connectivity index (χ3n) is 3.62. The van der Waals surface area contributed by atoms with Crippen LogP contribution in [0.1, 0.15) is 51.4 Å². The van der Waals surface area contributed by atoms with Crippen molar-refractivity contribution >= 4 is 11.8 Å². The zero-order valence-corrected chi connectivity index (χ0v) is 11.8. The van der Waals surface area contributed by atoms with Crippen LogP contribution in [-0.2, 0) is 9.59 Å². The minimum absolute atomic E-state index is 0.313. The van der Waals surface area contributed by atoms with Gasteiger partial charge in [-0.05, 0) is 25.7 Å². The molecule has 18 heavy (non-hydrogen) atoms. The molecule has 2 heterocycles. The minimum Gasteiger partial charge on any atom is -0.346 e. The van der Waals surface area contributed by atoms with Crippen LogP contribution in [-0.4, -0.2) is 48.8 Å². The van der Waals surface area contributed by atoms with Gasteiger partial charge in [0.15, 0.2) is 0 Å². The molecule has 0 unspecified atom stereocenters. The van der Waals surface area contributed by atoms with E-state index in [1.807, 2.05) is 23.9 Å². The van der Waals surface area contributed by atoms with E-state index >= 15 is 0 Å². The second-order valence-corrected chi connectivity index (χ2v) is 5.25. The quantitative estimate of drug-likeness (QED) is 0.663. The Morgan fingerprint density at radius 2 is 1.06 bits per heavy atom. The summed E-state index contributed by atoms with van der Waals surface area (Å²) in [4.78, 5) is 25.5. The molecule has 0 aromatic carbocycles. The summed E-state index contributed by atoms with van der Waals surface area (Å²) in [6, 6.07) is 0. The van der Waals surface area contributed by atoms with Crippen LogP contribution in [0.3, 0.4) is 0 Å². The van der Waals surface area contributed by atoms with Crippen molar-refractivity contribution < 1.29 is 9.59 Å². The van der Waals surface area contributed by atoms with Gasteiger partial charge in [0.2, 0.25) is 11.8 Å². The maximum atomic E-state index is 10.9. The summed E-state index contributed by atoms with van der Waals surface area (Å²) < 4.78 is 0. The Kier molecular flexibility index (Phi) is 6.76. The van der Waals surface area contributed by atoms with Crippen molar-refractivity contribution in [1.82, 2.24) is 9.80 Å². The lowest BCUT2D eigenvalue weighted by Gasteiger charge is -2.11. The summed E-state index contributed by atoms with van der Waals surface area (Å²) in [6.07, 6.45) is 8.50. The summed E-state index contributed by atoms with van der Waals surface area (Å²) in [5, 5.41) is 0. The molecular weight excluding hydrogens is 228 g/mol. The Morgan fingerprint density at radius 3 is 1.44 bits per heavy atom. The van der Waals surface area contributed by atoms with Crippen molar-refractivity contribution in [2.45, 2.75) is 51.4 Å². The summed E-state index contributed by atoms with van der Waals surface area (Å²) >= 11 is 0. The fourth-order valence-corrected chi connectivity index (χ4v) is 2.24. The Hall–Kier alpha value is -1.06. The average molecular weight is 254 g/mol. The maximum Gasteiger partial charge on any atom is 0.222 e. The van der Waals surface area contributed by atoms with Crippen LogP contribution in [0.4, 0.5) is 0 Å². The monoisotopic (exact) mass is 254 g/mol. The fraction of sp³-hybridized carbons (Fsp3) is 0.857. The number of rotatable bonds is 0. The van der Waals surface area contributed by atoms with E-state index in [1.165, 1.54) is 25.7 Å². The van der Waals surface area contributed by atoms with Gasteiger partial charge in [-0.3, -0.25) is 9.59 Å². The second-order valence-electron chi connectivity index (χ2n) is 5.25. The summed E-state index contributed by atoms with van der Waals surface area (Å²) in [6.45, 7) is 1.91. The molecule has 2 aliphatic rings. The number of likely N-dealkylation sites (tertiary alicyclic amines) is 2. The standard InChI is InChI=1S/2C7H13NO/c2*1-8-6-4-2-3-5-7(8)9/h2*2-6H2,1H3. The van der Waals surface area contributed by atoms with E-state index in [4.69, 9.17) is 0 Å². The van der Waals surface area contributed by atoms with Gasteiger partial charge in [-0.1, -0.05) is 12.8 Å². The Labute approximate surface area is 110 Å². The molecule has 0 atom stereocenters. The predicted octanol–water partition coefficient (Wildman–Crippen LogP) is 2.04. The molecule has 0 aliphatic carbocycles. The Balaban J connectivity index is 0.000000180. The molecule has 2 amide bonds. The first-order valence-electron chi connectivity index (χ1n) is 7.09. The topological polar surface area (TPSA) is 40.6 Å².